The van der Waals surface area contributed by atoms with E-state index in [0.29, 0.717) is 11.4 Å². The van der Waals surface area contributed by atoms with Crippen LogP contribution in [0.2, 0.25) is 5.02 Å². The van der Waals surface area contributed by atoms with Crippen LogP contribution >= 0.6 is 11.6 Å². The van der Waals surface area contributed by atoms with Gasteiger partial charge in [0.25, 0.3) is 5.91 Å². The summed E-state index contributed by atoms with van der Waals surface area (Å²) in [6.45, 7) is 0. The van der Waals surface area contributed by atoms with Gasteiger partial charge in [-0.15, -0.1) is 0 Å². The van der Waals surface area contributed by atoms with E-state index >= 15 is 0 Å². The fourth-order valence-corrected chi connectivity index (χ4v) is 2.41. The van der Waals surface area contributed by atoms with Gasteiger partial charge in [0.15, 0.2) is 5.96 Å². The van der Waals surface area contributed by atoms with Gasteiger partial charge in [-0.1, -0.05) is 60.1 Å². The van der Waals surface area contributed by atoms with Crippen LogP contribution in [0.3, 0.4) is 0 Å². The largest absolute Gasteiger partial charge is 0.370 e. The van der Waals surface area contributed by atoms with Crippen molar-refractivity contribution >= 4 is 23.5 Å². The van der Waals surface area contributed by atoms with Gasteiger partial charge in [0, 0.05) is 5.02 Å². The van der Waals surface area contributed by atoms with E-state index in [-0.39, 0.29) is 5.96 Å². The van der Waals surface area contributed by atoms with Crippen molar-refractivity contribution in [2.75, 3.05) is 0 Å². The number of aliphatic imine (C=N–C) groups is 1. The van der Waals surface area contributed by atoms with E-state index in [0.717, 1.165) is 11.1 Å². The summed E-state index contributed by atoms with van der Waals surface area (Å²) < 4.78 is 0. The van der Waals surface area contributed by atoms with Crippen molar-refractivity contribution in [1.29, 1.82) is 0 Å². The molecule has 0 aromatic heterocycles. The number of nitrogens with zero attached hydrogens (tertiary/aromatic N) is 1. The van der Waals surface area contributed by atoms with Crippen molar-refractivity contribution in [3.8, 4) is 0 Å². The summed E-state index contributed by atoms with van der Waals surface area (Å²) in [5, 5.41) is 0.526. The van der Waals surface area contributed by atoms with Gasteiger partial charge >= 0.3 is 0 Å². The van der Waals surface area contributed by atoms with E-state index in [4.69, 9.17) is 23.1 Å². The highest BCUT2D eigenvalue weighted by Gasteiger charge is 2.23. The van der Waals surface area contributed by atoms with Crippen LogP contribution < -0.4 is 11.5 Å². The predicted octanol–water partition coefficient (Wildman–Crippen LogP) is 2.47. The molecular formula is C16H16ClN3O. The van der Waals surface area contributed by atoms with E-state index in [1.54, 1.807) is 6.07 Å². The highest BCUT2D eigenvalue weighted by Crippen LogP contribution is 2.28. The van der Waals surface area contributed by atoms with E-state index in [9.17, 15) is 4.79 Å². The molecule has 1 amide bonds. The lowest BCUT2D eigenvalue weighted by molar-refractivity contribution is -0.119. The molecule has 0 unspecified atom stereocenters. The van der Waals surface area contributed by atoms with Gasteiger partial charge in [0.05, 0.1) is 5.92 Å². The van der Waals surface area contributed by atoms with Crippen molar-refractivity contribution < 1.29 is 4.79 Å². The number of rotatable bonds is 4. The van der Waals surface area contributed by atoms with Crippen LogP contribution in [0.1, 0.15) is 17.0 Å². The van der Waals surface area contributed by atoms with Gasteiger partial charge in [-0.3, -0.25) is 4.79 Å². The van der Waals surface area contributed by atoms with Crippen LogP contribution in [0.4, 0.5) is 0 Å². The first-order chi connectivity index (χ1) is 10.1. The first-order valence-electron chi connectivity index (χ1n) is 6.49. The molecule has 0 aliphatic carbocycles. The molecule has 2 aromatic carbocycles. The van der Waals surface area contributed by atoms with E-state index in [1.165, 1.54) is 0 Å². The topological polar surface area (TPSA) is 81.5 Å². The molecule has 0 radical (unpaired) electrons. The second kappa shape index (κ2) is 6.90. The van der Waals surface area contributed by atoms with Gasteiger partial charge in [-0.25, -0.2) is 0 Å². The highest BCUT2D eigenvalue weighted by atomic mass is 35.5. The van der Waals surface area contributed by atoms with Crippen LogP contribution in [0.25, 0.3) is 0 Å². The molecule has 2 rings (SSSR count). The Balaban J connectivity index is 2.38. The van der Waals surface area contributed by atoms with Crippen LogP contribution in [-0.2, 0) is 11.2 Å². The number of amides is 1. The fourth-order valence-electron chi connectivity index (χ4n) is 2.14. The van der Waals surface area contributed by atoms with Crippen molar-refractivity contribution in [1.82, 2.24) is 0 Å². The number of carbonyl (C=O) groups is 1. The number of hydrogen-bond acceptors (Lipinski definition) is 1. The third kappa shape index (κ3) is 4.07. The normalized spacial score (nSPS) is 11.7. The van der Waals surface area contributed by atoms with Gasteiger partial charge < -0.3 is 11.5 Å². The Morgan fingerprint density at radius 3 is 2.29 bits per heavy atom. The van der Waals surface area contributed by atoms with Crippen molar-refractivity contribution in [2.45, 2.75) is 12.3 Å². The third-order valence-corrected chi connectivity index (χ3v) is 3.44. The Hall–Kier alpha value is -2.33. The lowest BCUT2D eigenvalue weighted by Crippen LogP contribution is -2.26. The number of hydrogen-bond donors (Lipinski definition) is 2. The van der Waals surface area contributed by atoms with Crippen molar-refractivity contribution in [3.63, 3.8) is 0 Å². The average Bonchev–Trinajstić information content (AvgIpc) is 2.46. The van der Waals surface area contributed by atoms with Crippen LogP contribution in [0.15, 0.2) is 59.6 Å². The molecule has 0 heterocycles. The fraction of sp³-hybridized carbons (Fsp3) is 0.125. The molecule has 0 fully saturated rings. The summed E-state index contributed by atoms with van der Waals surface area (Å²) in [4.78, 5) is 16.0. The SMILES string of the molecule is NC(N)=NC(=O)[C@@H](Cc1ccccc1)c1ccccc1Cl. The summed E-state index contributed by atoms with van der Waals surface area (Å²) in [5.41, 5.74) is 12.4. The van der Waals surface area contributed by atoms with Gasteiger partial charge in [-0.05, 0) is 23.6 Å². The minimum Gasteiger partial charge on any atom is -0.370 e. The molecule has 4 nitrogen and oxygen atoms in total. The number of carbonyl (C=O) groups excluding carboxylic acids is 1. The Morgan fingerprint density at radius 2 is 1.67 bits per heavy atom. The molecule has 0 saturated carbocycles. The minimum absolute atomic E-state index is 0.245. The Labute approximate surface area is 128 Å². The molecule has 5 heteroatoms. The highest BCUT2D eigenvalue weighted by molar-refractivity contribution is 6.31. The molecular weight excluding hydrogens is 286 g/mol. The average molecular weight is 302 g/mol. The molecule has 0 saturated heterocycles. The lowest BCUT2D eigenvalue weighted by atomic mass is 9.91. The molecule has 108 valence electrons. The molecule has 0 aliphatic rings. The Morgan fingerprint density at radius 1 is 1.05 bits per heavy atom. The van der Waals surface area contributed by atoms with Crippen LogP contribution in [0, 0.1) is 0 Å². The van der Waals surface area contributed by atoms with Crippen molar-refractivity contribution in [3.05, 3.63) is 70.7 Å². The lowest BCUT2D eigenvalue weighted by Gasteiger charge is -2.15. The van der Waals surface area contributed by atoms with Gasteiger partial charge in [-0.2, -0.15) is 4.99 Å². The smallest absolute Gasteiger partial charge is 0.256 e. The molecule has 0 aliphatic heterocycles. The van der Waals surface area contributed by atoms with Crippen LogP contribution in [0.5, 0.6) is 0 Å². The first-order valence-corrected chi connectivity index (χ1v) is 6.87. The summed E-state index contributed by atoms with van der Waals surface area (Å²) in [7, 11) is 0. The van der Waals surface area contributed by atoms with Gasteiger partial charge in [0.2, 0.25) is 0 Å². The second-order valence-corrected chi connectivity index (χ2v) is 5.05. The summed E-state index contributed by atoms with van der Waals surface area (Å²) >= 11 is 6.20. The number of guanidine groups is 1. The molecule has 2 aromatic rings. The zero-order chi connectivity index (χ0) is 15.2. The van der Waals surface area contributed by atoms with E-state index in [1.807, 2.05) is 48.5 Å². The first kappa shape index (κ1) is 15.1. The third-order valence-electron chi connectivity index (χ3n) is 3.10. The maximum absolute atomic E-state index is 12.3. The minimum atomic E-state index is -0.511. The zero-order valence-corrected chi connectivity index (χ0v) is 12.1. The Bertz CT molecular complexity index is 652. The van der Waals surface area contributed by atoms with E-state index < -0.39 is 11.8 Å². The molecule has 4 N–H and O–H groups in total. The summed E-state index contributed by atoms with van der Waals surface area (Å²) in [6, 6.07) is 16.9. The Kier molecular flexibility index (Phi) is 4.95. The standard InChI is InChI=1S/C16H16ClN3O/c17-14-9-5-4-8-12(14)13(15(21)20-16(18)19)10-11-6-2-1-3-7-11/h1-9,13H,10H2,(H4,18,19,20,21)/t13-/m0/s1. The summed E-state index contributed by atoms with van der Waals surface area (Å²) in [5.74, 6) is -1.15. The molecule has 21 heavy (non-hydrogen) atoms. The monoisotopic (exact) mass is 301 g/mol. The molecule has 0 bridgehead atoms. The van der Waals surface area contributed by atoms with E-state index in [2.05, 4.69) is 4.99 Å². The van der Waals surface area contributed by atoms with Crippen LogP contribution in [-0.4, -0.2) is 11.9 Å². The predicted molar refractivity (Wildman–Crippen MR) is 85.2 cm³/mol. The number of benzene rings is 2. The second-order valence-electron chi connectivity index (χ2n) is 4.64. The molecule has 1 atom stereocenters. The zero-order valence-electron chi connectivity index (χ0n) is 11.4. The maximum Gasteiger partial charge on any atom is 0.256 e. The number of halogens is 1. The van der Waals surface area contributed by atoms with Crippen molar-refractivity contribution in [2.24, 2.45) is 16.5 Å². The van der Waals surface area contributed by atoms with Gasteiger partial charge in [0.1, 0.15) is 0 Å². The quantitative estimate of drug-likeness (QED) is 0.672. The molecule has 0 spiro atoms. The number of nitrogens with two attached hydrogens (primary N) is 2. The summed E-state index contributed by atoms with van der Waals surface area (Å²) in [6.07, 6.45) is 0.486. The maximum atomic E-state index is 12.3.